The zero-order valence-corrected chi connectivity index (χ0v) is 29.3. The van der Waals surface area contributed by atoms with Gasteiger partial charge in [-0.1, -0.05) is 209 Å². The van der Waals surface area contributed by atoms with Crippen LogP contribution in [0.3, 0.4) is 0 Å². The summed E-state index contributed by atoms with van der Waals surface area (Å²) in [4.78, 5) is 0. The molecule has 224 valence electrons. The van der Waals surface area contributed by atoms with Crippen molar-refractivity contribution in [2.45, 2.75) is 205 Å². The third kappa shape index (κ3) is 37.3. The van der Waals surface area contributed by atoms with E-state index in [-0.39, 0.29) is 0 Å². The van der Waals surface area contributed by atoms with Crippen molar-refractivity contribution >= 4 is 45.5 Å². The summed E-state index contributed by atoms with van der Waals surface area (Å²) in [6.45, 7) is 0. The average molecular weight is 643 g/mol. The van der Waals surface area contributed by atoms with Crippen LogP contribution in [0.5, 0.6) is 0 Å². The number of halogens is 3. The molecular formula is C33H67BrCl2Si. The Hall–Kier alpha value is 1.28. The monoisotopic (exact) mass is 640 g/mol. The molecule has 0 aromatic carbocycles. The van der Waals surface area contributed by atoms with Crippen LogP contribution in [0, 0.1) is 0 Å². The second-order valence-electron chi connectivity index (χ2n) is 11.8. The van der Waals surface area contributed by atoms with E-state index < -0.39 is 7.42 Å². The number of unbranched alkanes of at least 4 members (excludes halogenated alkanes) is 30. The molecule has 4 heteroatoms. The molecule has 0 aliphatic heterocycles. The molecule has 0 aliphatic carbocycles. The van der Waals surface area contributed by atoms with Crippen molar-refractivity contribution in [1.82, 2.24) is 0 Å². The highest BCUT2D eigenvalue weighted by molar-refractivity contribution is 9.09. The predicted molar refractivity (Wildman–Crippen MR) is 181 cm³/mol. The average Bonchev–Trinajstić information content (AvgIpc) is 2.89. The van der Waals surface area contributed by atoms with Gasteiger partial charge in [0.15, 0.2) is 0 Å². The van der Waals surface area contributed by atoms with Gasteiger partial charge in [0.1, 0.15) is 0 Å². The van der Waals surface area contributed by atoms with Crippen LogP contribution in [-0.4, -0.2) is 12.7 Å². The smallest absolute Gasteiger partial charge is 0.150 e. The van der Waals surface area contributed by atoms with E-state index in [0.717, 1.165) is 6.04 Å². The van der Waals surface area contributed by atoms with Crippen molar-refractivity contribution in [3.63, 3.8) is 0 Å². The first-order chi connectivity index (χ1) is 18.3. The molecule has 0 aromatic heterocycles. The lowest BCUT2D eigenvalue weighted by Gasteiger charge is -2.05. The SMILES string of the molecule is Cl[SiH](Cl)CCCCCCCCCCCCCCCCCCCCCCCCCCCCCCCCCBr. The van der Waals surface area contributed by atoms with E-state index in [9.17, 15) is 0 Å². The molecule has 0 bridgehead atoms. The van der Waals surface area contributed by atoms with Crippen molar-refractivity contribution in [2.75, 3.05) is 5.33 Å². The summed E-state index contributed by atoms with van der Waals surface area (Å²) in [5, 5.41) is 1.18. The Kier molecular flexibility index (Phi) is 36.5. The molecule has 0 spiro atoms. The summed E-state index contributed by atoms with van der Waals surface area (Å²) in [7, 11) is -1.34. The molecule has 37 heavy (non-hydrogen) atoms. The first-order valence-electron chi connectivity index (χ1n) is 17.1. The second kappa shape index (κ2) is 35.3. The van der Waals surface area contributed by atoms with E-state index in [1.54, 1.807) is 0 Å². The Labute approximate surface area is 254 Å². The van der Waals surface area contributed by atoms with Crippen molar-refractivity contribution < 1.29 is 0 Å². The molecule has 0 unspecified atom stereocenters. The minimum absolute atomic E-state index is 1.10. The lowest BCUT2D eigenvalue weighted by atomic mass is 10.0. The van der Waals surface area contributed by atoms with Crippen LogP contribution < -0.4 is 0 Å². The van der Waals surface area contributed by atoms with E-state index in [2.05, 4.69) is 15.9 Å². The summed E-state index contributed by atoms with van der Waals surface area (Å²) in [5.41, 5.74) is 0. The molecule has 0 atom stereocenters. The molecular weight excluding hydrogens is 575 g/mol. The summed E-state index contributed by atoms with van der Waals surface area (Å²) < 4.78 is 0. The highest BCUT2D eigenvalue weighted by Gasteiger charge is 2.01. The predicted octanol–water partition coefficient (Wildman–Crippen LogP) is 14.2. The van der Waals surface area contributed by atoms with Gasteiger partial charge in [0.25, 0.3) is 0 Å². The van der Waals surface area contributed by atoms with Crippen molar-refractivity contribution in [2.24, 2.45) is 0 Å². The summed E-state index contributed by atoms with van der Waals surface area (Å²) >= 11 is 15.3. The van der Waals surface area contributed by atoms with Gasteiger partial charge in [-0.05, 0) is 12.5 Å². The van der Waals surface area contributed by atoms with Crippen LogP contribution >= 0.6 is 38.1 Å². The maximum absolute atomic E-state index is 5.90. The third-order valence-corrected chi connectivity index (χ3v) is 10.8. The Morgan fingerprint density at radius 1 is 0.270 bits per heavy atom. The maximum atomic E-state index is 5.90. The van der Waals surface area contributed by atoms with Crippen LogP contribution in [0.2, 0.25) is 6.04 Å². The lowest BCUT2D eigenvalue weighted by molar-refractivity contribution is 0.513. The van der Waals surface area contributed by atoms with E-state index in [1.807, 2.05) is 0 Å². The molecule has 0 radical (unpaired) electrons. The molecule has 0 heterocycles. The Morgan fingerprint density at radius 3 is 0.595 bits per heavy atom. The van der Waals surface area contributed by atoms with E-state index in [4.69, 9.17) is 22.2 Å². The molecule has 0 saturated heterocycles. The molecule has 0 nitrogen and oxygen atoms in total. The number of hydrogen-bond acceptors (Lipinski definition) is 0. The molecule has 0 aromatic rings. The van der Waals surface area contributed by atoms with Gasteiger partial charge in [0, 0.05) is 5.33 Å². The molecule has 0 N–H and O–H groups in total. The fourth-order valence-corrected chi connectivity index (χ4v) is 7.44. The second-order valence-corrected chi connectivity index (χ2v) is 17.8. The van der Waals surface area contributed by atoms with Crippen molar-refractivity contribution in [3.8, 4) is 0 Å². The van der Waals surface area contributed by atoms with Crippen LogP contribution in [0.1, 0.15) is 199 Å². The van der Waals surface area contributed by atoms with Gasteiger partial charge < -0.3 is 0 Å². The topological polar surface area (TPSA) is 0 Å². The zero-order chi connectivity index (χ0) is 26.9. The van der Waals surface area contributed by atoms with Gasteiger partial charge in [0.2, 0.25) is 7.42 Å². The van der Waals surface area contributed by atoms with E-state index in [0.29, 0.717) is 0 Å². The quantitative estimate of drug-likeness (QED) is 0.0289. The van der Waals surface area contributed by atoms with Gasteiger partial charge in [-0.15, -0.1) is 0 Å². The summed E-state index contributed by atoms with van der Waals surface area (Å²) in [5.74, 6) is 0. The van der Waals surface area contributed by atoms with Gasteiger partial charge in [0.05, 0.1) is 0 Å². The summed E-state index contributed by atoms with van der Waals surface area (Å²) in [6.07, 6.45) is 45.0. The summed E-state index contributed by atoms with van der Waals surface area (Å²) in [6, 6.07) is 1.10. The van der Waals surface area contributed by atoms with Crippen LogP contribution in [-0.2, 0) is 0 Å². The Balaban J connectivity index is 3.01. The minimum atomic E-state index is -1.34. The first-order valence-corrected chi connectivity index (χ1v) is 22.5. The normalized spacial score (nSPS) is 11.7. The van der Waals surface area contributed by atoms with Gasteiger partial charge >= 0.3 is 0 Å². The Morgan fingerprint density at radius 2 is 0.432 bits per heavy atom. The zero-order valence-electron chi connectivity index (χ0n) is 25.0. The standard InChI is InChI=1S/C33H67BrCl2Si/c34-32-30-28-26-24-22-20-18-16-14-12-10-8-6-4-2-1-3-5-7-9-11-13-15-17-19-21-23-25-27-29-31-33-37(35)36/h37H,1-33H2. The highest BCUT2D eigenvalue weighted by Crippen LogP contribution is 2.17. The molecule has 0 rings (SSSR count). The number of alkyl halides is 1. The number of rotatable bonds is 33. The third-order valence-electron chi connectivity index (χ3n) is 8.06. The first kappa shape index (κ1) is 38.3. The molecule has 0 amide bonds. The van der Waals surface area contributed by atoms with Crippen LogP contribution in [0.25, 0.3) is 0 Å². The maximum Gasteiger partial charge on any atom is 0.237 e. The van der Waals surface area contributed by atoms with Crippen molar-refractivity contribution in [1.29, 1.82) is 0 Å². The fourth-order valence-electron chi connectivity index (χ4n) is 5.52. The molecule has 0 saturated carbocycles. The van der Waals surface area contributed by atoms with Gasteiger partial charge in [-0.3, -0.25) is 0 Å². The van der Waals surface area contributed by atoms with Crippen LogP contribution in [0.15, 0.2) is 0 Å². The largest absolute Gasteiger partial charge is 0.237 e. The minimum Gasteiger partial charge on any atom is -0.150 e. The van der Waals surface area contributed by atoms with E-state index in [1.165, 1.54) is 204 Å². The Bertz CT molecular complexity index is 395. The van der Waals surface area contributed by atoms with Crippen molar-refractivity contribution in [3.05, 3.63) is 0 Å². The van der Waals surface area contributed by atoms with Gasteiger partial charge in [-0.25, -0.2) is 0 Å². The van der Waals surface area contributed by atoms with Crippen LogP contribution in [0.4, 0.5) is 0 Å². The lowest BCUT2D eigenvalue weighted by Crippen LogP contribution is -1.91. The van der Waals surface area contributed by atoms with Gasteiger partial charge in [-0.2, -0.15) is 22.2 Å². The number of hydrogen-bond donors (Lipinski definition) is 0. The van der Waals surface area contributed by atoms with E-state index >= 15 is 0 Å². The molecule has 0 fully saturated rings. The molecule has 0 aliphatic rings. The highest BCUT2D eigenvalue weighted by atomic mass is 79.9. The fraction of sp³-hybridized carbons (Fsp3) is 1.00.